The summed E-state index contributed by atoms with van der Waals surface area (Å²) < 4.78 is 5.16. The second-order valence-corrected chi connectivity index (χ2v) is 7.05. The molecule has 1 aliphatic rings. The second kappa shape index (κ2) is 9.22. The molecule has 1 aliphatic heterocycles. The zero-order valence-electron chi connectivity index (χ0n) is 16.9. The van der Waals surface area contributed by atoms with E-state index >= 15 is 0 Å². The molecule has 0 unspecified atom stereocenters. The molecular weight excluding hydrogens is 376 g/mol. The van der Waals surface area contributed by atoms with Crippen LogP contribution in [0.4, 0.5) is 5.82 Å². The van der Waals surface area contributed by atoms with Crippen molar-refractivity contribution < 1.29 is 9.53 Å². The van der Waals surface area contributed by atoms with Crippen LogP contribution in [0.5, 0.6) is 5.75 Å². The number of amides is 1. The van der Waals surface area contributed by atoms with Crippen molar-refractivity contribution in [2.45, 2.75) is 0 Å². The van der Waals surface area contributed by atoms with Crippen LogP contribution >= 0.6 is 0 Å². The molecule has 3 aromatic rings. The smallest absolute Gasteiger partial charge is 0.246 e. The Balaban J connectivity index is 1.35. The van der Waals surface area contributed by atoms with Crippen molar-refractivity contribution in [3.8, 4) is 17.0 Å². The molecule has 2 aromatic carbocycles. The lowest BCUT2D eigenvalue weighted by molar-refractivity contribution is -0.126. The summed E-state index contributed by atoms with van der Waals surface area (Å²) >= 11 is 0. The Labute approximate surface area is 176 Å². The van der Waals surface area contributed by atoms with Crippen LogP contribution in [0.25, 0.3) is 17.3 Å². The van der Waals surface area contributed by atoms with Gasteiger partial charge in [0, 0.05) is 43.9 Å². The number of piperazine rings is 1. The largest absolute Gasteiger partial charge is 0.497 e. The molecule has 1 aromatic heterocycles. The van der Waals surface area contributed by atoms with Gasteiger partial charge in [-0.15, -0.1) is 0 Å². The SMILES string of the molecule is COc1ccc(/C=C/C(=O)N2CCN(c3cc(-c4ccccc4)ncn3)CC2)cc1. The van der Waals surface area contributed by atoms with Crippen molar-refractivity contribution in [1.29, 1.82) is 0 Å². The van der Waals surface area contributed by atoms with Gasteiger partial charge in [0.05, 0.1) is 12.8 Å². The lowest BCUT2D eigenvalue weighted by Crippen LogP contribution is -2.48. The Morgan fingerprint density at radius 1 is 0.967 bits per heavy atom. The fourth-order valence-corrected chi connectivity index (χ4v) is 3.43. The van der Waals surface area contributed by atoms with E-state index < -0.39 is 0 Å². The van der Waals surface area contributed by atoms with E-state index in [2.05, 4.69) is 14.9 Å². The first-order valence-electron chi connectivity index (χ1n) is 9.96. The summed E-state index contributed by atoms with van der Waals surface area (Å²) in [7, 11) is 1.64. The van der Waals surface area contributed by atoms with Crippen LogP contribution in [-0.4, -0.2) is 54.1 Å². The Morgan fingerprint density at radius 2 is 1.70 bits per heavy atom. The molecule has 1 amide bonds. The number of rotatable bonds is 5. The van der Waals surface area contributed by atoms with Crippen LogP contribution in [0.3, 0.4) is 0 Å². The number of carbonyl (C=O) groups is 1. The number of aromatic nitrogens is 2. The molecule has 1 saturated heterocycles. The minimum atomic E-state index is 0.0260. The highest BCUT2D eigenvalue weighted by Gasteiger charge is 2.21. The second-order valence-electron chi connectivity index (χ2n) is 7.05. The summed E-state index contributed by atoms with van der Waals surface area (Å²) in [5, 5.41) is 0. The molecule has 6 nitrogen and oxygen atoms in total. The molecule has 1 fully saturated rings. The number of ether oxygens (including phenoxy) is 1. The standard InChI is InChI=1S/C24H24N4O2/c1-30-21-10-7-19(8-11-21)9-12-24(29)28-15-13-27(14-16-28)23-17-22(25-18-26-23)20-5-3-2-4-6-20/h2-12,17-18H,13-16H2,1H3/b12-9+. The number of hydrogen-bond acceptors (Lipinski definition) is 5. The van der Waals surface area contributed by atoms with Gasteiger partial charge in [-0.2, -0.15) is 0 Å². The van der Waals surface area contributed by atoms with Gasteiger partial charge in [0.15, 0.2) is 0 Å². The predicted molar refractivity (Wildman–Crippen MR) is 118 cm³/mol. The third kappa shape index (κ3) is 4.66. The monoisotopic (exact) mass is 400 g/mol. The molecule has 4 rings (SSSR count). The van der Waals surface area contributed by atoms with Crippen molar-refractivity contribution in [1.82, 2.24) is 14.9 Å². The van der Waals surface area contributed by atoms with E-state index in [9.17, 15) is 4.79 Å². The topological polar surface area (TPSA) is 58.6 Å². The van der Waals surface area contributed by atoms with Gasteiger partial charge in [0.1, 0.15) is 17.9 Å². The molecule has 0 aliphatic carbocycles. The average molecular weight is 400 g/mol. The van der Waals surface area contributed by atoms with Gasteiger partial charge in [0.25, 0.3) is 0 Å². The number of anilines is 1. The molecule has 0 atom stereocenters. The van der Waals surface area contributed by atoms with Crippen LogP contribution in [0, 0.1) is 0 Å². The van der Waals surface area contributed by atoms with E-state index in [4.69, 9.17) is 4.74 Å². The maximum atomic E-state index is 12.5. The van der Waals surface area contributed by atoms with E-state index in [1.54, 1.807) is 19.5 Å². The number of benzene rings is 2. The molecule has 30 heavy (non-hydrogen) atoms. The van der Waals surface area contributed by atoms with Crippen LogP contribution < -0.4 is 9.64 Å². The Hall–Kier alpha value is -3.67. The highest BCUT2D eigenvalue weighted by Crippen LogP contribution is 2.21. The summed E-state index contributed by atoms with van der Waals surface area (Å²) in [6.07, 6.45) is 5.08. The Bertz CT molecular complexity index is 1010. The molecule has 0 spiro atoms. The Kier molecular flexibility index (Phi) is 6.03. The molecule has 0 N–H and O–H groups in total. The molecule has 0 radical (unpaired) electrons. The third-order valence-corrected chi connectivity index (χ3v) is 5.17. The first-order valence-corrected chi connectivity index (χ1v) is 9.96. The van der Waals surface area contributed by atoms with Crippen LogP contribution in [0.1, 0.15) is 5.56 Å². The maximum absolute atomic E-state index is 12.5. The highest BCUT2D eigenvalue weighted by atomic mass is 16.5. The number of carbonyl (C=O) groups excluding carboxylic acids is 1. The van der Waals surface area contributed by atoms with Gasteiger partial charge in [0.2, 0.25) is 5.91 Å². The van der Waals surface area contributed by atoms with Crippen molar-refractivity contribution in [3.05, 3.63) is 78.6 Å². The van der Waals surface area contributed by atoms with Gasteiger partial charge in [-0.3, -0.25) is 4.79 Å². The predicted octanol–water partition coefficient (Wildman–Crippen LogP) is 3.51. The van der Waals surface area contributed by atoms with Crippen molar-refractivity contribution in [2.75, 3.05) is 38.2 Å². The van der Waals surface area contributed by atoms with E-state index in [-0.39, 0.29) is 5.91 Å². The quantitative estimate of drug-likeness (QED) is 0.614. The van der Waals surface area contributed by atoms with Gasteiger partial charge >= 0.3 is 0 Å². The van der Waals surface area contributed by atoms with E-state index in [1.807, 2.05) is 71.6 Å². The summed E-state index contributed by atoms with van der Waals surface area (Å²) in [6.45, 7) is 2.81. The number of nitrogens with zero attached hydrogens (tertiary/aromatic N) is 4. The van der Waals surface area contributed by atoms with Gasteiger partial charge in [-0.25, -0.2) is 9.97 Å². The lowest BCUT2D eigenvalue weighted by Gasteiger charge is -2.35. The third-order valence-electron chi connectivity index (χ3n) is 5.17. The highest BCUT2D eigenvalue weighted by molar-refractivity contribution is 5.92. The maximum Gasteiger partial charge on any atom is 0.246 e. The summed E-state index contributed by atoms with van der Waals surface area (Å²) in [4.78, 5) is 25.4. The lowest BCUT2D eigenvalue weighted by atomic mass is 10.1. The van der Waals surface area contributed by atoms with Crippen molar-refractivity contribution in [3.63, 3.8) is 0 Å². The van der Waals surface area contributed by atoms with Crippen molar-refractivity contribution >= 4 is 17.8 Å². The number of methoxy groups -OCH3 is 1. The molecule has 0 saturated carbocycles. The molecule has 152 valence electrons. The number of hydrogen-bond donors (Lipinski definition) is 0. The van der Waals surface area contributed by atoms with Crippen LogP contribution in [0.15, 0.2) is 73.1 Å². The molecule has 0 bridgehead atoms. The Morgan fingerprint density at radius 3 is 2.40 bits per heavy atom. The summed E-state index contributed by atoms with van der Waals surface area (Å²) in [5.41, 5.74) is 2.94. The first-order chi connectivity index (χ1) is 14.7. The summed E-state index contributed by atoms with van der Waals surface area (Å²) in [6, 6.07) is 19.7. The first kappa shape index (κ1) is 19.6. The van der Waals surface area contributed by atoms with Crippen LogP contribution in [0.2, 0.25) is 0 Å². The zero-order valence-corrected chi connectivity index (χ0v) is 16.9. The average Bonchev–Trinajstić information content (AvgIpc) is 2.83. The van der Waals surface area contributed by atoms with Crippen LogP contribution in [-0.2, 0) is 4.79 Å². The van der Waals surface area contributed by atoms with E-state index in [0.717, 1.165) is 41.5 Å². The van der Waals surface area contributed by atoms with E-state index in [1.165, 1.54) is 0 Å². The van der Waals surface area contributed by atoms with Gasteiger partial charge in [-0.1, -0.05) is 42.5 Å². The van der Waals surface area contributed by atoms with Crippen molar-refractivity contribution in [2.24, 2.45) is 0 Å². The van der Waals surface area contributed by atoms with E-state index in [0.29, 0.717) is 13.1 Å². The molecule has 6 heteroatoms. The molecular formula is C24H24N4O2. The van der Waals surface area contributed by atoms with Gasteiger partial charge < -0.3 is 14.5 Å². The minimum absolute atomic E-state index is 0.0260. The fraction of sp³-hybridized carbons (Fsp3) is 0.208. The summed E-state index contributed by atoms with van der Waals surface area (Å²) in [5.74, 6) is 1.72. The molecule has 2 heterocycles. The minimum Gasteiger partial charge on any atom is -0.497 e. The van der Waals surface area contributed by atoms with Gasteiger partial charge in [-0.05, 0) is 23.8 Å². The fourth-order valence-electron chi connectivity index (χ4n) is 3.43. The zero-order chi connectivity index (χ0) is 20.8. The normalized spacial score (nSPS) is 14.2.